The maximum absolute atomic E-state index is 10.6. The molecule has 1 unspecified atom stereocenters. The Morgan fingerprint density at radius 2 is 2.00 bits per heavy atom. The molecule has 1 rings (SSSR count). The molecule has 0 bridgehead atoms. The maximum atomic E-state index is 10.6. The van der Waals surface area contributed by atoms with Gasteiger partial charge < -0.3 is 10.3 Å². The highest BCUT2D eigenvalue weighted by molar-refractivity contribution is 6.30. The Kier molecular flexibility index (Phi) is 4.55. The molecule has 82 valence electrons. The van der Waals surface area contributed by atoms with Gasteiger partial charge in [0.15, 0.2) is 0 Å². The van der Waals surface area contributed by atoms with Crippen LogP contribution in [0.1, 0.15) is 17.9 Å². The van der Waals surface area contributed by atoms with Crippen molar-refractivity contribution in [3.8, 4) is 0 Å². The summed E-state index contributed by atoms with van der Waals surface area (Å²) >= 11 is 5.72. The molecular weight excluding hydrogens is 218 g/mol. The van der Waals surface area contributed by atoms with E-state index in [1.807, 2.05) is 5.48 Å². The van der Waals surface area contributed by atoms with Crippen LogP contribution in [0.3, 0.4) is 0 Å². The quantitative estimate of drug-likeness (QED) is 0.675. The molecule has 1 atom stereocenters. The van der Waals surface area contributed by atoms with Gasteiger partial charge in [0.2, 0.25) is 0 Å². The first-order valence-corrected chi connectivity index (χ1v) is 4.85. The summed E-state index contributed by atoms with van der Waals surface area (Å²) < 4.78 is 0. The third-order valence-electron chi connectivity index (χ3n) is 2.10. The summed E-state index contributed by atoms with van der Waals surface area (Å²) in [6.07, 6.45) is -0.0325. The average Bonchev–Trinajstić information content (AvgIpc) is 2.17. The van der Waals surface area contributed by atoms with E-state index in [4.69, 9.17) is 21.9 Å². The van der Waals surface area contributed by atoms with Crippen LogP contribution in [-0.2, 0) is 4.79 Å². The normalized spacial score (nSPS) is 12.4. The zero-order valence-corrected chi connectivity index (χ0v) is 8.74. The predicted octanol–water partition coefficient (Wildman–Crippen LogP) is 1.88. The van der Waals surface area contributed by atoms with Crippen LogP contribution in [0.25, 0.3) is 0 Å². The van der Waals surface area contributed by atoms with Crippen molar-refractivity contribution in [1.82, 2.24) is 5.48 Å². The van der Waals surface area contributed by atoms with E-state index in [0.717, 1.165) is 5.56 Å². The predicted molar refractivity (Wildman–Crippen MR) is 56.2 cm³/mol. The van der Waals surface area contributed by atoms with Gasteiger partial charge in [0, 0.05) is 17.5 Å². The molecule has 0 spiro atoms. The monoisotopic (exact) mass is 229 g/mol. The minimum Gasteiger partial charge on any atom is -0.481 e. The highest BCUT2D eigenvalue weighted by atomic mass is 35.5. The van der Waals surface area contributed by atoms with E-state index in [9.17, 15) is 4.79 Å². The fourth-order valence-electron chi connectivity index (χ4n) is 1.36. The summed E-state index contributed by atoms with van der Waals surface area (Å²) in [5.74, 6) is -1.16. The van der Waals surface area contributed by atoms with E-state index in [1.54, 1.807) is 24.3 Å². The highest BCUT2D eigenvalue weighted by Crippen LogP contribution is 2.20. The number of rotatable bonds is 5. The van der Waals surface area contributed by atoms with Crippen molar-refractivity contribution in [3.63, 3.8) is 0 Å². The van der Waals surface area contributed by atoms with Crippen molar-refractivity contribution >= 4 is 17.6 Å². The Labute approximate surface area is 92.4 Å². The topological polar surface area (TPSA) is 69.6 Å². The van der Waals surface area contributed by atoms with E-state index in [1.165, 1.54) is 0 Å². The number of hydrogen-bond donors (Lipinski definition) is 3. The van der Waals surface area contributed by atoms with Gasteiger partial charge in [-0.15, -0.1) is 0 Å². The zero-order valence-electron chi connectivity index (χ0n) is 7.98. The lowest BCUT2D eigenvalue weighted by molar-refractivity contribution is -0.137. The van der Waals surface area contributed by atoms with E-state index < -0.39 is 5.97 Å². The molecule has 0 aliphatic rings. The fraction of sp³-hybridized carbons (Fsp3) is 0.300. The van der Waals surface area contributed by atoms with Crippen LogP contribution in [0.2, 0.25) is 5.02 Å². The third kappa shape index (κ3) is 3.87. The Morgan fingerprint density at radius 1 is 1.40 bits per heavy atom. The van der Waals surface area contributed by atoms with Crippen LogP contribution >= 0.6 is 11.6 Å². The molecule has 0 saturated heterocycles. The molecular formula is C10H12ClNO3. The van der Waals surface area contributed by atoms with Gasteiger partial charge in [-0.2, -0.15) is 0 Å². The van der Waals surface area contributed by atoms with Crippen LogP contribution < -0.4 is 5.48 Å². The summed E-state index contributed by atoms with van der Waals surface area (Å²) in [5, 5.41) is 17.9. The Bertz CT molecular complexity index is 326. The van der Waals surface area contributed by atoms with E-state index in [0.29, 0.717) is 5.02 Å². The number of carbonyl (C=O) groups is 1. The summed E-state index contributed by atoms with van der Waals surface area (Å²) in [4.78, 5) is 10.6. The molecule has 15 heavy (non-hydrogen) atoms. The van der Waals surface area contributed by atoms with Gasteiger partial charge in [0.25, 0.3) is 0 Å². The standard InChI is InChI=1S/C10H12ClNO3/c11-9-3-1-7(2-4-9)8(6-12-15)5-10(13)14/h1-4,8,12,15H,5-6H2,(H,13,14). The summed E-state index contributed by atoms with van der Waals surface area (Å²) in [6, 6.07) is 6.91. The molecule has 0 aliphatic carbocycles. The smallest absolute Gasteiger partial charge is 0.304 e. The SMILES string of the molecule is O=C(O)CC(CNO)c1ccc(Cl)cc1. The third-order valence-corrected chi connectivity index (χ3v) is 2.35. The average molecular weight is 230 g/mol. The van der Waals surface area contributed by atoms with Crippen molar-refractivity contribution in [2.24, 2.45) is 0 Å². The van der Waals surface area contributed by atoms with Gasteiger partial charge in [-0.25, -0.2) is 5.48 Å². The number of halogens is 1. The molecule has 0 saturated carbocycles. The lowest BCUT2D eigenvalue weighted by Crippen LogP contribution is -2.20. The van der Waals surface area contributed by atoms with Gasteiger partial charge in [-0.05, 0) is 17.7 Å². The first-order chi connectivity index (χ1) is 7.13. The lowest BCUT2D eigenvalue weighted by Gasteiger charge is -2.13. The number of carboxylic acids is 1. The second-order valence-electron chi connectivity index (χ2n) is 3.21. The molecule has 3 N–H and O–H groups in total. The fourth-order valence-corrected chi connectivity index (χ4v) is 1.49. The lowest BCUT2D eigenvalue weighted by atomic mass is 9.96. The summed E-state index contributed by atoms with van der Waals surface area (Å²) in [7, 11) is 0. The highest BCUT2D eigenvalue weighted by Gasteiger charge is 2.14. The summed E-state index contributed by atoms with van der Waals surface area (Å²) in [5.41, 5.74) is 2.83. The Hall–Kier alpha value is -1.10. The van der Waals surface area contributed by atoms with Gasteiger partial charge in [0.05, 0.1) is 6.42 Å². The van der Waals surface area contributed by atoms with Gasteiger partial charge >= 0.3 is 5.97 Å². The molecule has 5 heteroatoms. The molecule has 0 radical (unpaired) electrons. The number of benzene rings is 1. The zero-order chi connectivity index (χ0) is 11.3. The van der Waals surface area contributed by atoms with Crippen molar-refractivity contribution in [2.75, 3.05) is 6.54 Å². The first kappa shape index (κ1) is 12.0. The minimum atomic E-state index is -0.898. The van der Waals surface area contributed by atoms with Gasteiger partial charge in [-0.1, -0.05) is 23.7 Å². The molecule has 4 nitrogen and oxygen atoms in total. The van der Waals surface area contributed by atoms with Gasteiger partial charge in [-0.3, -0.25) is 4.79 Å². The van der Waals surface area contributed by atoms with E-state index in [-0.39, 0.29) is 18.9 Å². The second kappa shape index (κ2) is 5.70. The molecule has 0 heterocycles. The molecule has 1 aromatic rings. The van der Waals surface area contributed by atoms with Crippen LogP contribution in [0.15, 0.2) is 24.3 Å². The second-order valence-corrected chi connectivity index (χ2v) is 3.65. The minimum absolute atomic E-state index is 0.0325. The van der Waals surface area contributed by atoms with Crippen LogP contribution in [0, 0.1) is 0 Å². The number of aliphatic carboxylic acids is 1. The number of nitrogens with one attached hydrogen (secondary N) is 1. The molecule has 0 aliphatic heterocycles. The van der Waals surface area contributed by atoms with E-state index in [2.05, 4.69) is 0 Å². The number of hydroxylamine groups is 1. The van der Waals surface area contributed by atoms with E-state index >= 15 is 0 Å². The molecule has 0 fully saturated rings. The van der Waals surface area contributed by atoms with Crippen molar-refractivity contribution in [1.29, 1.82) is 0 Å². The summed E-state index contributed by atoms with van der Waals surface area (Å²) in [6.45, 7) is 0.202. The van der Waals surface area contributed by atoms with Crippen molar-refractivity contribution in [2.45, 2.75) is 12.3 Å². The van der Waals surface area contributed by atoms with Crippen molar-refractivity contribution in [3.05, 3.63) is 34.9 Å². The van der Waals surface area contributed by atoms with Gasteiger partial charge in [0.1, 0.15) is 0 Å². The van der Waals surface area contributed by atoms with Crippen LogP contribution in [0.5, 0.6) is 0 Å². The first-order valence-electron chi connectivity index (χ1n) is 4.47. The van der Waals surface area contributed by atoms with Crippen LogP contribution in [0.4, 0.5) is 0 Å². The molecule has 0 amide bonds. The van der Waals surface area contributed by atoms with Crippen LogP contribution in [-0.4, -0.2) is 22.8 Å². The maximum Gasteiger partial charge on any atom is 0.304 e. The van der Waals surface area contributed by atoms with Crippen molar-refractivity contribution < 1.29 is 15.1 Å². The largest absolute Gasteiger partial charge is 0.481 e. The Balaban J connectivity index is 2.78. The molecule has 0 aromatic heterocycles. The Morgan fingerprint density at radius 3 is 2.47 bits per heavy atom. The number of carboxylic acid groups (broad SMARTS) is 1. The molecule has 1 aromatic carbocycles. The number of hydrogen-bond acceptors (Lipinski definition) is 3.